The van der Waals surface area contributed by atoms with Gasteiger partial charge in [-0.1, -0.05) is 47.5 Å². The first-order chi connectivity index (χ1) is 15.1. The van der Waals surface area contributed by atoms with Crippen LogP contribution in [-0.2, 0) is 6.54 Å². The molecule has 1 saturated heterocycles. The van der Waals surface area contributed by atoms with E-state index in [1.54, 1.807) is 23.0 Å². The maximum absolute atomic E-state index is 13.4. The van der Waals surface area contributed by atoms with E-state index >= 15 is 0 Å². The van der Waals surface area contributed by atoms with Crippen molar-refractivity contribution in [2.75, 3.05) is 19.6 Å². The lowest BCUT2D eigenvalue weighted by atomic mass is 10.0. The van der Waals surface area contributed by atoms with Crippen molar-refractivity contribution in [3.8, 4) is 0 Å². The molecule has 0 spiro atoms. The van der Waals surface area contributed by atoms with Crippen LogP contribution in [0.4, 0.5) is 4.39 Å². The van der Waals surface area contributed by atoms with E-state index in [-0.39, 0.29) is 23.5 Å². The van der Waals surface area contributed by atoms with Crippen molar-refractivity contribution in [3.05, 3.63) is 82.4 Å². The van der Waals surface area contributed by atoms with Crippen molar-refractivity contribution in [1.82, 2.24) is 25.2 Å². The maximum atomic E-state index is 13.4. The minimum absolute atomic E-state index is 0.00559. The van der Waals surface area contributed by atoms with E-state index in [4.69, 9.17) is 11.6 Å². The highest BCUT2D eigenvalue weighted by atomic mass is 35.5. The maximum Gasteiger partial charge on any atom is 0.273 e. The van der Waals surface area contributed by atoms with E-state index < -0.39 is 0 Å². The van der Waals surface area contributed by atoms with Gasteiger partial charge in [0, 0.05) is 11.6 Å². The van der Waals surface area contributed by atoms with E-state index in [9.17, 15) is 9.18 Å². The first-order valence-corrected chi connectivity index (χ1v) is 10.9. The van der Waals surface area contributed by atoms with Gasteiger partial charge in [-0.2, -0.15) is 0 Å². The Morgan fingerprint density at radius 1 is 1.06 bits per heavy atom. The van der Waals surface area contributed by atoms with Gasteiger partial charge in [0.05, 0.1) is 18.8 Å². The van der Waals surface area contributed by atoms with Crippen molar-refractivity contribution < 1.29 is 9.18 Å². The Bertz CT molecular complexity index is 1000. The minimum atomic E-state index is -0.272. The van der Waals surface area contributed by atoms with E-state index in [0.717, 1.165) is 37.1 Å². The monoisotopic (exact) mass is 441 g/mol. The summed E-state index contributed by atoms with van der Waals surface area (Å²) in [5, 5.41) is 11.7. The Hall–Kier alpha value is -2.77. The molecular formula is C23H25ClFN5O. The van der Waals surface area contributed by atoms with Crippen LogP contribution in [0.15, 0.2) is 54.7 Å². The van der Waals surface area contributed by atoms with Crippen LogP contribution in [0.3, 0.4) is 0 Å². The zero-order chi connectivity index (χ0) is 21.6. The molecule has 1 unspecified atom stereocenters. The highest BCUT2D eigenvalue weighted by Gasteiger charge is 2.23. The molecule has 4 rings (SSSR count). The fourth-order valence-corrected chi connectivity index (χ4v) is 4.04. The number of hydrogen-bond acceptors (Lipinski definition) is 4. The summed E-state index contributed by atoms with van der Waals surface area (Å²) >= 11 is 5.92. The molecular weight excluding hydrogens is 417 g/mol. The number of piperidine rings is 1. The quantitative estimate of drug-likeness (QED) is 0.600. The predicted molar refractivity (Wildman–Crippen MR) is 117 cm³/mol. The van der Waals surface area contributed by atoms with Gasteiger partial charge in [0.15, 0.2) is 5.69 Å². The van der Waals surface area contributed by atoms with Crippen LogP contribution in [0, 0.1) is 5.82 Å². The van der Waals surface area contributed by atoms with Gasteiger partial charge in [-0.15, -0.1) is 5.10 Å². The molecule has 1 aliphatic rings. The molecule has 8 heteroatoms. The summed E-state index contributed by atoms with van der Waals surface area (Å²) < 4.78 is 15.0. The molecule has 2 aromatic carbocycles. The van der Waals surface area contributed by atoms with Crippen LogP contribution < -0.4 is 5.32 Å². The van der Waals surface area contributed by atoms with E-state index in [1.807, 2.05) is 24.3 Å². The van der Waals surface area contributed by atoms with E-state index in [2.05, 4.69) is 20.5 Å². The average Bonchev–Trinajstić information content (AvgIpc) is 3.26. The number of benzene rings is 2. The number of carbonyl (C=O) groups excluding carboxylic acids is 1. The predicted octanol–water partition coefficient (Wildman–Crippen LogP) is 4.08. The molecule has 31 heavy (non-hydrogen) atoms. The number of rotatable bonds is 7. The highest BCUT2D eigenvalue weighted by Crippen LogP contribution is 2.24. The van der Waals surface area contributed by atoms with Gasteiger partial charge in [0.1, 0.15) is 5.82 Å². The molecule has 0 saturated carbocycles. The third-order valence-corrected chi connectivity index (χ3v) is 5.82. The van der Waals surface area contributed by atoms with Crippen molar-refractivity contribution >= 4 is 17.5 Å². The van der Waals surface area contributed by atoms with E-state index in [1.165, 1.54) is 18.6 Å². The Balaban J connectivity index is 1.41. The molecule has 1 aliphatic heterocycles. The second kappa shape index (κ2) is 10.0. The number of carbonyl (C=O) groups is 1. The molecule has 0 radical (unpaired) electrons. The second-order valence-corrected chi connectivity index (χ2v) is 8.24. The van der Waals surface area contributed by atoms with Gasteiger partial charge in [0.2, 0.25) is 0 Å². The lowest BCUT2D eigenvalue weighted by Gasteiger charge is -2.35. The van der Waals surface area contributed by atoms with Crippen LogP contribution >= 0.6 is 11.6 Å². The summed E-state index contributed by atoms with van der Waals surface area (Å²) in [5.41, 5.74) is 2.28. The van der Waals surface area contributed by atoms with Crippen molar-refractivity contribution in [3.63, 3.8) is 0 Å². The van der Waals surface area contributed by atoms with E-state index in [0.29, 0.717) is 18.1 Å². The number of likely N-dealkylation sites (tertiary alicyclic amines) is 1. The summed E-state index contributed by atoms with van der Waals surface area (Å²) in [7, 11) is 0. The van der Waals surface area contributed by atoms with Crippen LogP contribution in [-0.4, -0.2) is 45.4 Å². The van der Waals surface area contributed by atoms with Crippen molar-refractivity contribution in [2.24, 2.45) is 0 Å². The summed E-state index contributed by atoms with van der Waals surface area (Å²) in [6.45, 7) is 2.86. The molecule has 2 heterocycles. The number of nitrogens with zero attached hydrogens (tertiary/aromatic N) is 4. The summed E-state index contributed by atoms with van der Waals surface area (Å²) in [5.74, 6) is -0.533. The summed E-state index contributed by atoms with van der Waals surface area (Å²) in [6, 6.07) is 14.0. The van der Waals surface area contributed by atoms with Crippen LogP contribution in [0.25, 0.3) is 0 Å². The van der Waals surface area contributed by atoms with Crippen molar-refractivity contribution in [1.29, 1.82) is 0 Å². The average molecular weight is 442 g/mol. The molecule has 1 N–H and O–H groups in total. The van der Waals surface area contributed by atoms with Crippen molar-refractivity contribution in [2.45, 2.75) is 31.8 Å². The molecule has 1 atom stereocenters. The van der Waals surface area contributed by atoms with Crippen LogP contribution in [0.1, 0.15) is 46.9 Å². The van der Waals surface area contributed by atoms with Crippen LogP contribution in [0.2, 0.25) is 5.02 Å². The molecule has 0 bridgehead atoms. The zero-order valence-electron chi connectivity index (χ0n) is 17.2. The second-order valence-electron chi connectivity index (χ2n) is 7.80. The molecule has 0 aliphatic carbocycles. The first-order valence-electron chi connectivity index (χ1n) is 10.5. The SMILES string of the molecule is O=C(NCC(c1ccc(F)cc1)N1CCCCC1)c1cn(Cc2ccc(Cl)cc2)nn1. The minimum Gasteiger partial charge on any atom is -0.349 e. The topological polar surface area (TPSA) is 63.1 Å². The Kier molecular flexibility index (Phi) is 6.94. The molecule has 162 valence electrons. The number of hydrogen-bond donors (Lipinski definition) is 1. The summed E-state index contributed by atoms with van der Waals surface area (Å²) in [6.07, 6.45) is 5.11. The van der Waals surface area contributed by atoms with Crippen LogP contribution in [0.5, 0.6) is 0 Å². The normalized spacial score (nSPS) is 15.5. The third kappa shape index (κ3) is 5.68. The van der Waals surface area contributed by atoms with Gasteiger partial charge in [-0.05, 0) is 61.3 Å². The summed E-state index contributed by atoms with van der Waals surface area (Å²) in [4.78, 5) is 15.1. The fourth-order valence-electron chi connectivity index (χ4n) is 3.91. The zero-order valence-corrected chi connectivity index (χ0v) is 17.9. The Morgan fingerprint density at radius 3 is 2.48 bits per heavy atom. The lowest BCUT2D eigenvalue weighted by Crippen LogP contribution is -2.40. The lowest BCUT2D eigenvalue weighted by molar-refractivity contribution is 0.0919. The number of nitrogens with one attached hydrogen (secondary N) is 1. The first kappa shape index (κ1) is 21.5. The standard InChI is InChI=1S/C23H25ClFN5O/c24-19-8-4-17(5-9-19)15-30-16-21(27-28-30)23(31)26-14-22(29-12-2-1-3-13-29)18-6-10-20(25)11-7-18/h4-11,16,22H,1-3,12-15H2,(H,26,31). The van der Waals surface area contributed by atoms with Gasteiger partial charge >= 0.3 is 0 Å². The molecule has 1 amide bonds. The molecule has 1 aromatic heterocycles. The fraction of sp³-hybridized carbons (Fsp3) is 0.348. The Morgan fingerprint density at radius 2 is 1.77 bits per heavy atom. The van der Waals surface area contributed by atoms with Gasteiger partial charge in [-0.3, -0.25) is 9.69 Å². The number of halogens is 2. The Labute approximate surface area is 186 Å². The third-order valence-electron chi connectivity index (χ3n) is 5.57. The largest absolute Gasteiger partial charge is 0.349 e. The van der Waals surface area contributed by atoms with Gasteiger partial charge in [0.25, 0.3) is 5.91 Å². The number of amides is 1. The van der Waals surface area contributed by atoms with Gasteiger partial charge in [-0.25, -0.2) is 9.07 Å². The molecule has 3 aromatic rings. The molecule has 1 fully saturated rings. The number of aromatic nitrogens is 3. The van der Waals surface area contributed by atoms with Gasteiger partial charge < -0.3 is 5.32 Å². The molecule has 6 nitrogen and oxygen atoms in total. The smallest absolute Gasteiger partial charge is 0.273 e. The highest BCUT2D eigenvalue weighted by molar-refractivity contribution is 6.30.